The van der Waals surface area contributed by atoms with E-state index in [0.717, 1.165) is 0 Å². The smallest absolute Gasteiger partial charge is 0.349 e. The minimum Gasteiger partial charge on any atom is -0.507 e. The summed E-state index contributed by atoms with van der Waals surface area (Å²) in [7, 11) is 0. The van der Waals surface area contributed by atoms with E-state index in [1.54, 1.807) is 6.07 Å². The average Bonchev–Trinajstić information content (AvgIpc) is 2.36. The summed E-state index contributed by atoms with van der Waals surface area (Å²) in [6, 6.07) is 4.74. The van der Waals surface area contributed by atoms with E-state index in [2.05, 4.69) is 17.0 Å². The largest absolute Gasteiger partial charge is 0.507 e. The molecule has 5 N–H and O–H groups in total. The number of carbonyl (C=O) groups excluding carboxylic acids is 2. The molecule has 0 aliphatic rings. The summed E-state index contributed by atoms with van der Waals surface area (Å²) < 4.78 is 4.56. The topological polar surface area (TPSA) is 116 Å². The summed E-state index contributed by atoms with van der Waals surface area (Å²) in [4.78, 5) is 23.4. The van der Waals surface area contributed by atoms with Crippen LogP contribution in [0, 0.1) is 0 Å². The predicted molar refractivity (Wildman–Crippen MR) is 72.5 cm³/mol. The Morgan fingerprint density at radius 3 is 2.58 bits per heavy atom. The Morgan fingerprint density at radius 2 is 2.00 bits per heavy atom. The van der Waals surface area contributed by atoms with Gasteiger partial charge in [-0.1, -0.05) is 24.4 Å². The molecule has 0 radical (unpaired) electrons. The number of carbonyl (C=O) groups is 2. The molecule has 0 spiro atoms. The second-order valence-electron chi connectivity index (χ2n) is 3.84. The summed E-state index contributed by atoms with van der Waals surface area (Å²) in [6.45, 7) is 0. The second-order valence-corrected chi connectivity index (χ2v) is 4.36. The maximum absolute atomic E-state index is 11.6. The number of nitrogens with two attached hydrogens (primary N) is 2. The average molecular weight is 282 g/mol. The van der Waals surface area contributed by atoms with Crippen LogP contribution in [-0.2, 0) is 9.53 Å². The van der Waals surface area contributed by atoms with Crippen LogP contribution in [0.5, 0.6) is 5.75 Å². The quantitative estimate of drug-likeness (QED) is 0.408. The first kappa shape index (κ1) is 15.1. The van der Waals surface area contributed by atoms with Crippen molar-refractivity contribution in [1.82, 2.24) is 0 Å². The Labute approximate surface area is 115 Å². The van der Waals surface area contributed by atoms with Crippen molar-refractivity contribution in [3.8, 4) is 5.75 Å². The second kappa shape index (κ2) is 6.81. The highest BCUT2D eigenvalue weighted by Gasteiger charge is 2.21. The van der Waals surface area contributed by atoms with Gasteiger partial charge in [-0.3, -0.25) is 0 Å². The van der Waals surface area contributed by atoms with E-state index >= 15 is 0 Å². The molecule has 0 aliphatic heterocycles. The lowest BCUT2D eigenvalue weighted by Crippen LogP contribution is -2.34. The van der Waals surface area contributed by atoms with Gasteiger partial charge in [0.15, 0.2) is 0 Å². The van der Waals surface area contributed by atoms with Gasteiger partial charge in [-0.15, -0.1) is 0 Å². The van der Waals surface area contributed by atoms with E-state index in [1.165, 1.54) is 18.2 Å². The Kier molecular flexibility index (Phi) is 5.40. The van der Waals surface area contributed by atoms with Crippen molar-refractivity contribution in [2.24, 2.45) is 11.5 Å². The summed E-state index contributed by atoms with van der Waals surface area (Å²) in [6.07, 6.45) is 0.485. The number of phenols is 1. The molecule has 1 unspecified atom stereocenters. The fourth-order valence-corrected chi connectivity index (χ4v) is 1.40. The lowest BCUT2D eigenvalue weighted by atomic mass is 10.1. The third-order valence-corrected chi connectivity index (χ3v) is 2.53. The van der Waals surface area contributed by atoms with Gasteiger partial charge in [0.1, 0.15) is 17.4 Å². The number of aromatic hydroxyl groups is 1. The molecule has 0 aliphatic carbocycles. The lowest BCUT2D eigenvalue weighted by Gasteiger charge is -2.10. The fourth-order valence-electron chi connectivity index (χ4n) is 1.28. The van der Waals surface area contributed by atoms with Crippen molar-refractivity contribution < 1.29 is 19.4 Å². The van der Waals surface area contributed by atoms with Crippen molar-refractivity contribution in [2.45, 2.75) is 18.9 Å². The summed E-state index contributed by atoms with van der Waals surface area (Å²) in [5.41, 5.74) is 10.7. The zero-order valence-electron chi connectivity index (χ0n) is 10.0. The van der Waals surface area contributed by atoms with Crippen molar-refractivity contribution in [1.29, 1.82) is 0 Å². The predicted octanol–water partition coefficient (Wildman–Crippen LogP) is 0.469. The third kappa shape index (κ3) is 4.65. The number of benzene rings is 1. The van der Waals surface area contributed by atoms with E-state index in [1.807, 2.05) is 0 Å². The number of para-hydroxylation sites is 1. The number of hydrogen-bond donors (Lipinski definition) is 3. The van der Waals surface area contributed by atoms with Crippen LogP contribution in [0.1, 0.15) is 23.2 Å². The van der Waals surface area contributed by atoms with Crippen molar-refractivity contribution in [2.75, 3.05) is 0 Å². The van der Waals surface area contributed by atoms with E-state index in [4.69, 9.17) is 11.5 Å². The standard InChI is InChI=1S/C12H14N2O4S/c13-8(5-6-10(14)19)12(17)18-11(16)7-3-1-2-4-9(7)15/h1-4,8,15H,5-6,13H2,(H2,14,19). The minimum atomic E-state index is -0.990. The molecule has 1 rings (SSSR count). The SMILES string of the molecule is NC(=S)CCC(N)C(=O)OC(=O)c1ccccc1O. The van der Waals surface area contributed by atoms with Crippen molar-refractivity contribution in [3.05, 3.63) is 29.8 Å². The highest BCUT2D eigenvalue weighted by atomic mass is 32.1. The zero-order chi connectivity index (χ0) is 14.4. The molecule has 0 amide bonds. The Bertz CT molecular complexity index is 504. The first-order valence-corrected chi connectivity index (χ1v) is 5.90. The van der Waals surface area contributed by atoms with Crippen LogP contribution >= 0.6 is 12.2 Å². The van der Waals surface area contributed by atoms with Crippen molar-refractivity contribution >= 4 is 29.1 Å². The summed E-state index contributed by atoms with van der Waals surface area (Å²) >= 11 is 4.65. The zero-order valence-corrected chi connectivity index (χ0v) is 10.9. The summed E-state index contributed by atoms with van der Waals surface area (Å²) in [5, 5.41) is 9.43. The maximum Gasteiger partial charge on any atom is 0.349 e. The highest BCUT2D eigenvalue weighted by Crippen LogP contribution is 2.16. The summed E-state index contributed by atoms with van der Waals surface area (Å²) in [5.74, 6) is -2.10. The number of ether oxygens (including phenoxy) is 1. The molecule has 0 aromatic heterocycles. The van der Waals surface area contributed by atoms with Crippen LogP contribution in [-0.4, -0.2) is 28.1 Å². The minimum absolute atomic E-state index is 0.0996. The van der Waals surface area contributed by atoms with E-state index in [9.17, 15) is 14.7 Å². The first-order valence-electron chi connectivity index (χ1n) is 5.49. The number of hydrogen-bond acceptors (Lipinski definition) is 6. The lowest BCUT2D eigenvalue weighted by molar-refractivity contribution is -0.139. The van der Waals surface area contributed by atoms with Crippen molar-refractivity contribution in [3.63, 3.8) is 0 Å². The number of rotatable bonds is 5. The van der Waals surface area contributed by atoms with Crippen LogP contribution in [0.25, 0.3) is 0 Å². The van der Waals surface area contributed by atoms with E-state index in [-0.39, 0.29) is 29.1 Å². The molecular formula is C12H14N2O4S. The molecule has 0 saturated heterocycles. The van der Waals surface area contributed by atoms with E-state index in [0.29, 0.717) is 0 Å². The van der Waals surface area contributed by atoms with Gasteiger partial charge in [-0.2, -0.15) is 0 Å². The van der Waals surface area contributed by atoms with Gasteiger partial charge >= 0.3 is 11.9 Å². The molecule has 0 saturated carbocycles. The van der Waals surface area contributed by atoms with Crippen LogP contribution in [0.15, 0.2) is 24.3 Å². The molecule has 1 aromatic carbocycles. The highest BCUT2D eigenvalue weighted by molar-refractivity contribution is 7.80. The Morgan fingerprint density at radius 1 is 1.37 bits per heavy atom. The van der Waals surface area contributed by atoms with Gasteiger partial charge in [0, 0.05) is 0 Å². The molecule has 0 heterocycles. The molecule has 1 aromatic rings. The molecule has 1 atom stereocenters. The normalized spacial score (nSPS) is 11.6. The Balaban J connectivity index is 2.59. The molecule has 7 heteroatoms. The van der Waals surface area contributed by atoms with Gasteiger partial charge in [-0.25, -0.2) is 9.59 Å². The maximum atomic E-state index is 11.6. The molecule has 0 fully saturated rings. The molecule has 102 valence electrons. The van der Waals surface area contributed by atoms with Crippen LogP contribution in [0.3, 0.4) is 0 Å². The third-order valence-electron chi connectivity index (χ3n) is 2.32. The van der Waals surface area contributed by atoms with Crippen LogP contribution in [0.4, 0.5) is 0 Å². The number of esters is 2. The molecular weight excluding hydrogens is 268 g/mol. The van der Waals surface area contributed by atoms with Crippen LogP contribution in [0.2, 0.25) is 0 Å². The van der Waals surface area contributed by atoms with Gasteiger partial charge in [0.05, 0.1) is 4.99 Å². The van der Waals surface area contributed by atoms with Gasteiger partial charge in [0.25, 0.3) is 0 Å². The first-order chi connectivity index (χ1) is 8.91. The fraction of sp³-hybridized carbons (Fsp3) is 0.250. The molecule has 6 nitrogen and oxygen atoms in total. The van der Waals surface area contributed by atoms with Gasteiger partial charge < -0.3 is 21.3 Å². The van der Waals surface area contributed by atoms with Gasteiger partial charge in [0.2, 0.25) is 0 Å². The monoisotopic (exact) mass is 282 g/mol. The molecule has 0 bridgehead atoms. The molecule has 19 heavy (non-hydrogen) atoms. The number of thiocarbonyl (C=S) groups is 1. The van der Waals surface area contributed by atoms with Gasteiger partial charge in [-0.05, 0) is 25.0 Å². The van der Waals surface area contributed by atoms with E-state index < -0.39 is 18.0 Å². The Hall–Kier alpha value is -1.99. The van der Waals surface area contributed by atoms with Crippen LogP contribution < -0.4 is 11.5 Å². The number of phenolic OH excluding ortho intramolecular Hbond substituents is 1.